The number of rotatable bonds is 5. The molecule has 0 N–H and O–H groups in total. The van der Waals surface area contributed by atoms with E-state index in [0.717, 1.165) is 77.3 Å². The molecule has 0 saturated heterocycles. The molecule has 9 aromatic carbocycles. The maximum atomic E-state index is 6.36. The van der Waals surface area contributed by atoms with Crippen molar-refractivity contribution in [1.29, 1.82) is 0 Å². The largest absolute Gasteiger partial charge is 0.455 e. The first kappa shape index (κ1) is 31.2. The average Bonchev–Trinajstić information content (AvgIpc) is 3.66. The van der Waals surface area contributed by atoms with Crippen LogP contribution in [0.25, 0.3) is 110 Å². The molecule has 0 spiro atoms. The molecule has 0 aliphatic heterocycles. The average molecular weight is 701 g/mol. The molecule has 11 aromatic rings. The van der Waals surface area contributed by atoms with Crippen molar-refractivity contribution < 1.29 is 4.42 Å². The first-order valence-corrected chi connectivity index (χ1v) is 18.6. The highest BCUT2D eigenvalue weighted by Gasteiger charge is 2.14. The third-order valence-corrected chi connectivity index (χ3v) is 10.9. The molecule has 0 radical (unpaired) electrons. The number of fused-ring (bicyclic) bond motifs is 9. The fraction of sp³-hybridized carbons (Fsp3) is 0. The lowest BCUT2D eigenvalue weighted by molar-refractivity contribution is 0.670. The summed E-state index contributed by atoms with van der Waals surface area (Å²) >= 11 is 0. The van der Waals surface area contributed by atoms with Crippen LogP contribution in [0.2, 0.25) is 0 Å². The molecule has 0 aliphatic carbocycles. The Morgan fingerprint density at radius 3 is 1.47 bits per heavy atom. The van der Waals surface area contributed by atoms with Crippen LogP contribution in [-0.4, -0.2) is 9.97 Å². The smallest absolute Gasteiger partial charge is 0.143 e. The zero-order valence-corrected chi connectivity index (χ0v) is 29.8. The summed E-state index contributed by atoms with van der Waals surface area (Å²) in [6.45, 7) is 0. The molecule has 2 aromatic heterocycles. The van der Waals surface area contributed by atoms with E-state index in [1.54, 1.807) is 0 Å². The predicted octanol–water partition coefficient (Wildman–Crippen LogP) is 14.2. The highest BCUT2D eigenvalue weighted by molar-refractivity contribution is 6.23. The number of hydrogen-bond donors (Lipinski definition) is 0. The van der Waals surface area contributed by atoms with Crippen molar-refractivity contribution in [2.24, 2.45) is 0 Å². The zero-order valence-electron chi connectivity index (χ0n) is 29.8. The quantitative estimate of drug-likeness (QED) is 0.168. The lowest BCUT2D eigenvalue weighted by Crippen LogP contribution is -1.92. The molecular weight excluding hydrogens is 669 g/mol. The normalized spacial score (nSPS) is 11.6. The Kier molecular flexibility index (Phi) is 7.17. The maximum absolute atomic E-state index is 6.36. The molecule has 0 unspecified atom stereocenters. The highest BCUT2D eigenvalue weighted by Crippen LogP contribution is 2.38. The fourth-order valence-electron chi connectivity index (χ4n) is 8.19. The molecule has 3 nitrogen and oxygen atoms in total. The minimum Gasteiger partial charge on any atom is -0.455 e. The van der Waals surface area contributed by atoms with Gasteiger partial charge in [-0.3, -0.25) is 4.98 Å². The van der Waals surface area contributed by atoms with Gasteiger partial charge < -0.3 is 4.42 Å². The van der Waals surface area contributed by atoms with E-state index in [1.165, 1.54) is 33.0 Å². The van der Waals surface area contributed by atoms with Gasteiger partial charge in [-0.25, -0.2) is 4.98 Å². The summed E-state index contributed by atoms with van der Waals surface area (Å²) < 4.78 is 6.36. The first-order valence-electron chi connectivity index (χ1n) is 18.6. The van der Waals surface area contributed by atoms with E-state index < -0.39 is 0 Å². The molecule has 0 atom stereocenters. The van der Waals surface area contributed by atoms with E-state index in [-0.39, 0.29) is 0 Å². The summed E-state index contributed by atoms with van der Waals surface area (Å²) in [5.41, 5.74) is 14.8. The van der Waals surface area contributed by atoms with E-state index in [1.807, 2.05) is 18.3 Å². The number of furan rings is 1. The van der Waals surface area contributed by atoms with Crippen molar-refractivity contribution in [2.45, 2.75) is 0 Å². The number of benzene rings is 9. The van der Waals surface area contributed by atoms with Gasteiger partial charge >= 0.3 is 0 Å². The van der Waals surface area contributed by atoms with Gasteiger partial charge in [0.25, 0.3) is 0 Å². The van der Waals surface area contributed by atoms with Crippen LogP contribution >= 0.6 is 0 Å². The topological polar surface area (TPSA) is 38.9 Å². The van der Waals surface area contributed by atoms with Crippen LogP contribution in [0.3, 0.4) is 0 Å². The van der Waals surface area contributed by atoms with Crippen LogP contribution in [0, 0.1) is 0 Å². The Balaban J connectivity index is 0.903. The van der Waals surface area contributed by atoms with Gasteiger partial charge in [-0.15, -0.1) is 0 Å². The van der Waals surface area contributed by atoms with Crippen molar-refractivity contribution in [2.75, 3.05) is 0 Å². The molecule has 2 heterocycles. The van der Waals surface area contributed by atoms with Gasteiger partial charge in [0.05, 0.1) is 22.9 Å². The molecule has 256 valence electrons. The second-order valence-electron chi connectivity index (χ2n) is 14.1. The molecule has 0 fully saturated rings. The SMILES string of the molecule is c1cc(-c2ccc(-c3cccc(-c4cccc5c4oc4ccccc45)c3)cc2)cc(-c2cccc(-c3cnc4c5ccccc5c5ccccc5c4n3)c2)c1. The summed E-state index contributed by atoms with van der Waals surface area (Å²) in [5.74, 6) is 0. The van der Waals surface area contributed by atoms with Gasteiger partial charge in [0, 0.05) is 32.7 Å². The summed E-state index contributed by atoms with van der Waals surface area (Å²) in [6, 6.07) is 66.6. The summed E-state index contributed by atoms with van der Waals surface area (Å²) in [6.07, 6.45) is 1.91. The molecule has 11 rings (SSSR count). The van der Waals surface area contributed by atoms with Gasteiger partial charge in [-0.2, -0.15) is 0 Å². The van der Waals surface area contributed by atoms with Crippen molar-refractivity contribution in [3.05, 3.63) is 194 Å². The van der Waals surface area contributed by atoms with E-state index in [0.29, 0.717) is 0 Å². The highest BCUT2D eigenvalue weighted by atomic mass is 16.3. The van der Waals surface area contributed by atoms with Crippen LogP contribution in [0.4, 0.5) is 0 Å². The van der Waals surface area contributed by atoms with Crippen LogP contribution in [0.1, 0.15) is 0 Å². The third kappa shape index (κ3) is 5.28. The van der Waals surface area contributed by atoms with Crippen LogP contribution in [-0.2, 0) is 0 Å². The molecular formula is C52H32N2O. The molecule has 3 heteroatoms. The predicted molar refractivity (Wildman–Crippen MR) is 229 cm³/mol. The second kappa shape index (κ2) is 12.6. The molecule has 0 aliphatic rings. The molecule has 0 saturated carbocycles. The summed E-state index contributed by atoms with van der Waals surface area (Å²) in [4.78, 5) is 10.2. The fourth-order valence-corrected chi connectivity index (χ4v) is 8.19. The van der Waals surface area contributed by atoms with Crippen molar-refractivity contribution in [3.63, 3.8) is 0 Å². The second-order valence-corrected chi connectivity index (χ2v) is 14.1. The number of para-hydroxylation sites is 2. The van der Waals surface area contributed by atoms with Crippen molar-refractivity contribution in [3.8, 4) is 55.8 Å². The lowest BCUT2D eigenvalue weighted by Gasteiger charge is -2.11. The zero-order chi connectivity index (χ0) is 36.3. The number of hydrogen-bond acceptors (Lipinski definition) is 3. The van der Waals surface area contributed by atoms with Crippen molar-refractivity contribution >= 4 is 54.5 Å². The molecule has 55 heavy (non-hydrogen) atoms. The summed E-state index contributed by atoms with van der Waals surface area (Å²) in [5, 5.41) is 6.92. The molecule has 0 bridgehead atoms. The third-order valence-electron chi connectivity index (χ3n) is 10.9. The van der Waals surface area contributed by atoms with E-state index in [9.17, 15) is 0 Å². The molecule has 0 amide bonds. The minimum atomic E-state index is 0.861. The first-order chi connectivity index (χ1) is 27.2. The monoisotopic (exact) mass is 700 g/mol. The number of nitrogens with zero attached hydrogens (tertiary/aromatic N) is 2. The van der Waals surface area contributed by atoms with Gasteiger partial charge in [-0.05, 0) is 74.0 Å². The number of aromatic nitrogens is 2. The Labute approximate surface area is 317 Å². The van der Waals surface area contributed by atoms with E-state index >= 15 is 0 Å². The van der Waals surface area contributed by atoms with Gasteiger partial charge in [0.15, 0.2) is 0 Å². The van der Waals surface area contributed by atoms with Gasteiger partial charge in [0.1, 0.15) is 11.2 Å². The maximum Gasteiger partial charge on any atom is 0.143 e. The van der Waals surface area contributed by atoms with Crippen molar-refractivity contribution in [1.82, 2.24) is 9.97 Å². The van der Waals surface area contributed by atoms with E-state index in [4.69, 9.17) is 14.4 Å². The summed E-state index contributed by atoms with van der Waals surface area (Å²) in [7, 11) is 0. The van der Waals surface area contributed by atoms with Gasteiger partial charge in [0.2, 0.25) is 0 Å². The lowest BCUT2D eigenvalue weighted by atomic mass is 9.95. The van der Waals surface area contributed by atoms with E-state index in [2.05, 4.69) is 176 Å². The Hall–Kier alpha value is -7.36. The van der Waals surface area contributed by atoms with Crippen LogP contribution in [0.5, 0.6) is 0 Å². The van der Waals surface area contributed by atoms with Crippen LogP contribution in [0.15, 0.2) is 199 Å². The minimum absolute atomic E-state index is 0.861. The van der Waals surface area contributed by atoms with Gasteiger partial charge in [-0.1, -0.05) is 164 Å². The Bertz CT molecular complexity index is 3230. The standard InChI is InChI=1S/C52H32N2O/c1-3-20-45-42(17-1)43-18-2-4-21-46(43)51-50(45)53-32-48(54-51)40-16-9-14-38(31-40)37-13-7-11-35(29-37)33-25-27-34(28-26-33)36-12-8-15-39(30-36)41-22-10-23-47-44-19-5-6-24-49(44)55-52(41)47/h1-32H. The Morgan fingerprint density at radius 1 is 0.327 bits per heavy atom. The van der Waals surface area contributed by atoms with Crippen LogP contribution < -0.4 is 0 Å². The Morgan fingerprint density at radius 2 is 0.800 bits per heavy atom.